The molecule has 1 rings (SSSR count). The van der Waals surface area contributed by atoms with E-state index in [0.717, 1.165) is 10.7 Å². The Bertz CT molecular complexity index is 425. The molecule has 0 aliphatic heterocycles. The van der Waals surface area contributed by atoms with Gasteiger partial charge in [0.1, 0.15) is 4.88 Å². The van der Waals surface area contributed by atoms with E-state index < -0.39 is 0 Å². The topological polar surface area (TPSA) is 62.2 Å². The Labute approximate surface area is 112 Å². The van der Waals surface area contributed by atoms with Crippen molar-refractivity contribution < 1.29 is 9.90 Å². The highest BCUT2D eigenvalue weighted by molar-refractivity contribution is 7.13. The minimum absolute atomic E-state index is 0.0724. The number of amides is 1. The predicted octanol–water partition coefficient (Wildman–Crippen LogP) is 2.29. The molecule has 1 aromatic rings. The Morgan fingerprint density at radius 3 is 2.56 bits per heavy atom. The lowest BCUT2D eigenvalue weighted by Gasteiger charge is -2.26. The molecule has 0 aliphatic carbocycles. The summed E-state index contributed by atoms with van der Waals surface area (Å²) in [6.07, 6.45) is 0.304. The highest BCUT2D eigenvalue weighted by atomic mass is 32.1. The van der Waals surface area contributed by atoms with Gasteiger partial charge in [0, 0.05) is 6.54 Å². The van der Waals surface area contributed by atoms with Crippen molar-refractivity contribution in [2.24, 2.45) is 5.41 Å². The molecule has 0 aromatic carbocycles. The van der Waals surface area contributed by atoms with Crippen LogP contribution in [0.4, 0.5) is 0 Å². The SMILES string of the molecule is Cc1nc(C)c(C(=O)NCC(C)(C)CC(C)O)s1. The second-order valence-corrected chi connectivity index (χ2v) is 6.75. The number of thiazole rings is 1. The zero-order valence-corrected chi connectivity index (χ0v) is 12.5. The van der Waals surface area contributed by atoms with Gasteiger partial charge >= 0.3 is 0 Å². The molecule has 1 heterocycles. The number of rotatable bonds is 5. The summed E-state index contributed by atoms with van der Waals surface area (Å²) in [4.78, 5) is 16.9. The molecule has 2 N–H and O–H groups in total. The minimum Gasteiger partial charge on any atom is -0.393 e. The van der Waals surface area contributed by atoms with Crippen LogP contribution in [0.15, 0.2) is 0 Å². The summed E-state index contributed by atoms with van der Waals surface area (Å²) < 4.78 is 0. The van der Waals surface area contributed by atoms with Crippen LogP contribution in [0.25, 0.3) is 0 Å². The van der Waals surface area contributed by atoms with Crippen LogP contribution in [0.2, 0.25) is 0 Å². The van der Waals surface area contributed by atoms with E-state index in [9.17, 15) is 9.90 Å². The predicted molar refractivity (Wildman–Crippen MR) is 74.0 cm³/mol. The van der Waals surface area contributed by atoms with E-state index in [4.69, 9.17) is 0 Å². The number of carbonyl (C=O) groups is 1. The summed E-state index contributed by atoms with van der Waals surface area (Å²) in [5.74, 6) is -0.0724. The van der Waals surface area contributed by atoms with Gasteiger partial charge in [-0.1, -0.05) is 13.8 Å². The molecule has 1 unspecified atom stereocenters. The maximum Gasteiger partial charge on any atom is 0.263 e. The van der Waals surface area contributed by atoms with Gasteiger partial charge in [0.05, 0.1) is 16.8 Å². The maximum absolute atomic E-state index is 12.0. The zero-order chi connectivity index (χ0) is 13.9. The van der Waals surface area contributed by atoms with Gasteiger partial charge in [0.2, 0.25) is 0 Å². The number of aryl methyl sites for hydroxylation is 2. The van der Waals surface area contributed by atoms with E-state index in [1.165, 1.54) is 11.3 Å². The molecule has 5 heteroatoms. The number of aromatic nitrogens is 1. The minimum atomic E-state index is -0.357. The Balaban J connectivity index is 2.59. The van der Waals surface area contributed by atoms with Gasteiger partial charge in [-0.05, 0) is 32.6 Å². The third kappa shape index (κ3) is 4.38. The van der Waals surface area contributed by atoms with Gasteiger partial charge < -0.3 is 10.4 Å². The first kappa shape index (κ1) is 15.1. The van der Waals surface area contributed by atoms with Gasteiger partial charge in [-0.15, -0.1) is 11.3 Å². The lowest BCUT2D eigenvalue weighted by molar-refractivity contribution is 0.0905. The normalized spacial score (nSPS) is 13.4. The van der Waals surface area contributed by atoms with Crippen molar-refractivity contribution in [2.45, 2.75) is 47.1 Å². The molecule has 0 spiro atoms. The second kappa shape index (κ2) is 5.80. The van der Waals surface area contributed by atoms with Crippen molar-refractivity contribution in [3.8, 4) is 0 Å². The van der Waals surface area contributed by atoms with Crippen LogP contribution in [0.3, 0.4) is 0 Å². The first-order valence-corrected chi connectivity index (χ1v) is 6.93. The van der Waals surface area contributed by atoms with Gasteiger partial charge in [0.15, 0.2) is 0 Å². The fourth-order valence-corrected chi connectivity index (χ4v) is 2.85. The average Bonchev–Trinajstić information content (AvgIpc) is 2.52. The molecule has 1 aromatic heterocycles. The Morgan fingerprint density at radius 2 is 2.11 bits per heavy atom. The van der Waals surface area contributed by atoms with Crippen LogP contribution in [0.5, 0.6) is 0 Å². The molecule has 102 valence electrons. The standard InChI is InChI=1S/C13H22N2O2S/c1-8(16)6-13(4,5)7-14-12(17)11-9(2)15-10(3)18-11/h8,16H,6-7H2,1-5H3,(H,14,17). The summed E-state index contributed by atoms with van der Waals surface area (Å²) in [6.45, 7) is 10.1. The molecule has 0 bridgehead atoms. The van der Waals surface area contributed by atoms with Gasteiger partial charge in [-0.25, -0.2) is 4.98 Å². The number of nitrogens with one attached hydrogen (secondary N) is 1. The Hall–Kier alpha value is -0.940. The average molecular weight is 270 g/mol. The monoisotopic (exact) mass is 270 g/mol. The van der Waals surface area contributed by atoms with E-state index in [1.54, 1.807) is 6.92 Å². The third-order valence-corrected chi connectivity index (χ3v) is 3.76. The number of aliphatic hydroxyl groups excluding tert-OH is 1. The number of nitrogens with zero attached hydrogens (tertiary/aromatic N) is 1. The highest BCUT2D eigenvalue weighted by Crippen LogP contribution is 2.22. The van der Waals surface area contributed by atoms with Crippen LogP contribution in [0, 0.1) is 19.3 Å². The summed E-state index contributed by atoms with van der Waals surface area (Å²) in [5, 5.41) is 13.2. The maximum atomic E-state index is 12.0. The van der Waals surface area contributed by atoms with E-state index in [0.29, 0.717) is 17.8 Å². The first-order chi connectivity index (χ1) is 8.21. The Kier molecular flexibility index (Phi) is 4.87. The lowest BCUT2D eigenvalue weighted by Crippen LogP contribution is -2.35. The first-order valence-electron chi connectivity index (χ1n) is 6.11. The molecule has 1 amide bonds. The quantitative estimate of drug-likeness (QED) is 0.863. The van der Waals surface area contributed by atoms with E-state index in [1.807, 2.05) is 27.7 Å². The van der Waals surface area contributed by atoms with Crippen molar-refractivity contribution in [1.82, 2.24) is 10.3 Å². The largest absolute Gasteiger partial charge is 0.393 e. The van der Waals surface area contributed by atoms with Gasteiger partial charge in [-0.3, -0.25) is 4.79 Å². The number of hydrogen-bond acceptors (Lipinski definition) is 4. The van der Waals surface area contributed by atoms with Crippen LogP contribution in [-0.2, 0) is 0 Å². The highest BCUT2D eigenvalue weighted by Gasteiger charge is 2.22. The molecular weight excluding hydrogens is 248 g/mol. The van der Waals surface area contributed by atoms with Crippen LogP contribution in [0.1, 0.15) is 47.6 Å². The van der Waals surface area contributed by atoms with E-state index in [-0.39, 0.29) is 17.4 Å². The van der Waals surface area contributed by atoms with Crippen molar-refractivity contribution in [3.05, 3.63) is 15.6 Å². The molecular formula is C13H22N2O2S. The van der Waals surface area contributed by atoms with Crippen LogP contribution < -0.4 is 5.32 Å². The molecule has 0 radical (unpaired) electrons. The van der Waals surface area contributed by atoms with E-state index in [2.05, 4.69) is 10.3 Å². The fraction of sp³-hybridized carbons (Fsp3) is 0.692. The summed E-state index contributed by atoms with van der Waals surface area (Å²) in [6, 6.07) is 0. The molecule has 1 atom stereocenters. The molecule has 0 fully saturated rings. The summed E-state index contributed by atoms with van der Waals surface area (Å²) >= 11 is 1.41. The summed E-state index contributed by atoms with van der Waals surface area (Å²) in [5.41, 5.74) is 0.667. The van der Waals surface area contributed by atoms with Crippen molar-refractivity contribution in [2.75, 3.05) is 6.54 Å². The smallest absolute Gasteiger partial charge is 0.263 e. The second-order valence-electron chi connectivity index (χ2n) is 5.55. The summed E-state index contributed by atoms with van der Waals surface area (Å²) in [7, 11) is 0. The van der Waals surface area contributed by atoms with Crippen LogP contribution in [-0.4, -0.2) is 28.6 Å². The molecule has 0 saturated heterocycles. The third-order valence-electron chi connectivity index (χ3n) is 2.69. The van der Waals surface area contributed by atoms with E-state index >= 15 is 0 Å². The number of aliphatic hydroxyl groups is 1. The van der Waals surface area contributed by atoms with Crippen molar-refractivity contribution in [3.63, 3.8) is 0 Å². The molecule has 4 nitrogen and oxygen atoms in total. The van der Waals surface area contributed by atoms with Crippen molar-refractivity contribution in [1.29, 1.82) is 0 Å². The van der Waals surface area contributed by atoms with Crippen molar-refractivity contribution >= 4 is 17.2 Å². The molecule has 18 heavy (non-hydrogen) atoms. The van der Waals surface area contributed by atoms with Gasteiger partial charge in [-0.2, -0.15) is 0 Å². The zero-order valence-electron chi connectivity index (χ0n) is 11.7. The van der Waals surface area contributed by atoms with Crippen LogP contribution >= 0.6 is 11.3 Å². The lowest BCUT2D eigenvalue weighted by atomic mass is 9.87. The fourth-order valence-electron chi connectivity index (χ4n) is 2.01. The van der Waals surface area contributed by atoms with Gasteiger partial charge in [0.25, 0.3) is 5.91 Å². The Morgan fingerprint density at radius 1 is 1.50 bits per heavy atom. The molecule has 0 saturated carbocycles. The number of hydrogen-bond donors (Lipinski definition) is 2. The molecule has 0 aliphatic rings. The number of carbonyl (C=O) groups excluding carboxylic acids is 1.